The summed E-state index contributed by atoms with van der Waals surface area (Å²) < 4.78 is 27.7. The number of aryl methyl sites for hydroxylation is 1. The third-order valence-electron chi connectivity index (χ3n) is 2.65. The third kappa shape index (κ3) is 3.36. The summed E-state index contributed by atoms with van der Waals surface area (Å²) >= 11 is 4.78. The molecule has 1 aromatic carbocycles. The maximum atomic E-state index is 12.2. The minimum absolute atomic E-state index is 0.102. The van der Waals surface area contributed by atoms with Crippen LogP contribution in [-0.2, 0) is 16.6 Å². The van der Waals surface area contributed by atoms with Crippen molar-refractivity contribution in [3.05, 3.63) is 44.6 Å². The molecule has 7 heteroatoms. The zero-order valence-electron chi connectivity index (χ0n) is 10.2. The molecule has 3 N–H and O–H groups in total. The van der Waals surface area contributed by atoms with Crippen LogP contribution < -0.4 is 10.5 Å². The van der Waals surface area contributed by atoms with E-state index in [0.29, 0.717) is 0 Å². The van der Waals surface area contributed by atoms with Crippen molar-refractivity contribution in [2.24, 2.45) is 0 Å². The average Bonchev–Trinajstić information content (AvgIpc) is 2.72. The van der Waals surface area contributed by atoms with Crippen LogP contribution in [0.1, 0.15) is 10.4 Å². The van der Waals surface area contributed by atoms with Crippen molar-refractivity contribution < 1.29 is 8.42 Å². The highest BCUT2D eigenvalue weighted by atomic mass is 79.9. The van der Waals surface area contributed by atoms with E-state index in [2.05, 4.69) is 20.7 Å². The van der Waals surface area contributed by atoms with Crippen molar-refractivity contribution in [3.63, 3.8) is 0 Å². The Labute approximate surface area is 124 Å². The zero-order chi connectivity index (χ0) is 14.0. The molecule has 0 radical (unpaired) electrons. The van der Waals surface area contributed by atoms with Crippen molar-refractivity contribution >= 4 is 43.0 Å². The number of rotatable bonds is 4. The number of thiophene rings is 1. The van der Waals surface area contributed by atoms with E-state index in [-0.39, 0.29) is 17.1 Å². The number of hydrogen-bond donors (Lipinski definition) is 2. The Hall–Kier alpha value is -0.890. The molecule has 2 rings (SSSR count). The highest BCUT2D eigenvalue weighted by molar-refractivity contribution is 9.10. The van der Waals surface area contributed by atoms with Gasteiger partial charge in [-0.05, 0) is 42.1 Å². The lowest BCUT2D eigenvalue weighted by molar-refractivity contribution is 0.582. The monoisotopic (exact) mass is 360 g/mol. The summed E-state index contributed by atoms with van der Waals surface area (Å²) in [6, 6.07) is 6.68. The van der Waals surface area contributed by atoms with Crippen LogP contribution in [0, 0.1) is 6.92 Å². The Bertz CT molecular complexity index is 696. The van der Waals surface area contributed by atoms with E-state index < -0.39 is 10.0 Å². The predicted octanol–water partition coefficient (Wildman–Crippen LogP) is 2.88. The minimum Gasteiger partial charge on any atom is -0.398 e. The lowest BCUT2D eigenvalue weighted by atomic mass is 10.3. The van der Waals surface area contributed by atoms with E-state index in [1.165, 1.54) is 17.4 Å². The summed E-state index contributed by atoms with van der Waals surface area (Å²) in [5.41, 5.74) is 7.05. The lowest BCUT2D eigenvalue weighted by Crippen LogP contribution is -2.24. The van der Waals surface area contributed by atoms with Gasteiger partial charge in [-0.2, -0.15) is 0 Å². The van der Waals surface area contributed by atoms with Crippen molar-refractivity contribution in [1.82, 2.24) is 4.72 Å². The number of nitrogens with two attached hydrogens (primary N) is 1. The molecule has 1 heterocycles. The normalized spacial score (nSPS) is 11.7. The summed E-state index contributed by atoms with van der Waals surface area (Å²) in [6.45, 7) is 2.23. The maximum absolute atomic E-state index is 12.2. The fraction of sp³-hybridized carbons (Fsp3) is 0.167. The molecule has 19 heavy (non-hydrogen) atoms. The zero-order valence-corrected chi connectivity index (χ0v) is 13.4. The molecule has 0 atom stereocenters. The molecule has 0 aliphatic heterocycles. The van der Waals surface area contributed by atoms with Crippen LogP contribution in [0.5, 0.6) is 0 Å². The summed E-state index contributed by atoms with van der Waals surface area (Å²) in [5.74, 6) is 0. The van der Waals surface area contributed by atoms with Crippen molar-refractivity contribution in [1.29, 1.82) is 0 Å². The molecule has 0 aliphatic carbocycles. The lowest BCUT2D eigenvalue weighted by Gasteiger charge is -2.09. The molecule has 4 nitrogen and oxygen atoms in total. The first-order valence-electron chi connectivity index (χ1n) is 5.48. The molecular formula is C12H13BrN2O2S2. The van der Waals surface area contributed by atoms with Gasteiger partial charge in [-0.1, -0.05) is 15.9 Å². The van der Waals surface area contributed by atoms with Gasteiger partial charge in [0.05, 0.1) is 5.69 Å². The van der Waals surface area contributed by atoms with Crippen LogP contribution >= 0.6 is 27.3 Å². The second-order valence-electron chi connectivity index (χ2n) is 4.03. The van der Waals surface area contributed by atoms with E-state index in [1.54, 1.807) is 12.1 Å². The number of benzene rings is 1. The Balaban J connectivity index is 2.21. The van der Waals surface area contributed by atoms with Crippen LogP contribution in [0.2, 0.25) is 0 Å². The molecule has 0 bridgehead atoms. The Morgan fingerprint density at radius 3 is 2.68 bits per heavy atom. The van der Waals surface area contributed by atoms with E-state index >= 15 is 0 Å². The molecule has 0 spiro atoms. The molecule has 0 saturated carbocycles. The van der Waals surface area contributed by atoms with Crippen LogP contribution in [0.3, 0.4) is 0 Å². The van der Waals surface area contributed by atoms with Crippen molar-refractivity contribution in [3.8, 4) is 0 Å². The molecule has 0 fully saturated rings. The number of sulfonamides is 1. The number of nitrogens with one attached hydrogen (secondary N) is 1. The summed E-state index contributed by atoms with van der Waals surface area (Å²) in [5, 5.41) is 1.94. The Kier molecular flexibility index (Phi) is 4.29. The molecule has 0 amide bonds. The first-order chi connectivity index (χ1) is 8.90. The topological polar surface area (TPSA) is 72.2 Å². The summed E-state index contributed by atoms with van der Waals surface area (Å²) in [4.78, 5) is 1.10. The smallest absolute Gasteiger partial charge is 0.242 e. The van der Waals surface area contributed by atoms with Crippen LogP contribution in [0.4, 0.5) is 5.69 Å². The van der Waals surface area contributed by atoms with Gasteiger partial charge in [-0.15, -0.1) is 11.3 Å². The van der Waals surface area contributed by atoms with Gasteiger partial charge in [-0.25, -0.2) is 13.1 Å². The molecule has 2 aromatic rings. The van der Waals surface area contributed by atoms with E-state index in [9.17, 15) is 8.42 Å². The standard InChI is InChI=1S/C12H13BrN2O2S2/c1-8-4-5-18-11(8)7-15-19(16,17)12-3-2-9(13)6-10(12)14/h2-6,15H,7,14H2,1H3. The van der Waals surface area contributed by atoms with Gasteiger partial charge in [0.15, 0.2) is 0 Å². The largest absolute Gasteiger partial charge is 0.398 e. The Morgan fingerprint density at radius 1 is 1.37 bits per heavy atom. The fourth-order valence-corrected chi connectivity index (χ4v) is 4.01. The molecule has 1 aromatic heterocycles. The minimum atomic E-state index is -3.59. The van der Waals surface area contributed by atoms with Gasteiger partial charge in [0.25, 0.3) is 0 Å². The second-order valence-corrected chi connectivity index (χ2v) is 7.69. The maximum Gasteiger partial charge on any atom is 0.242 e. The van der Waals surface area contributed by atoms with Gasteiger partial charge < -0.3 is 5.73 Å². The predicted molar refractivity (Wildman–Crippen MR) is 81.6 cm³/mol. The average molecular weight is 361 g/mol. The first-order valence-corrected chi connectivity index (χ1v) is 8.63. The quantitative estimate of drug-likeness (QED) is 0.823. The van der Waals surface area contributed by atoms with Crippen LogP contribution in [-0.4, -0.2) is 8.42 Å². The number of halogens is 1. The van der Waals surface area contributed by atoms with Gasteiger partial charge in [0, 0.05) is 15.9 Å². The second kappa shape index (κ2) is 5.62. The number of anilines is 1. The SMILES string of the molecule is Cc1ccsc1CNS(=O)(=O)c1ccc(Br)cc1N. The van der Waals surface area contributed by atoms with Gasteiger partial charge in [0.2, 0.25) is 10.0 Å². The highest BCUT2D eigenvalue weighted by Crippen LogP contribution is 2.23. The molecule has 0 saturated heterocycles. The molecule has 102 valence electrons. The molecule has 0 aliphatic rings. The van der Waals surface area contributed by atoms with Crippen molar-refractivity contribution in [2.75, 3.05) is 5.73 Å². The van der Waals surface area contributed by atoms with Gasteiger partial charge in [-0.3, -0.25) is 0 Å². The highest BCUT2D eigenvalue weighted by Gasteiger charge is 2.17. The summed E-state index contributed by atoms with van der Waals surface area (Å²) in [6.07, 6.45) is 0. The third-order valence-corrected chi connectivity index (χ3v) is 5.64. The summed E-state index contributed by atoms with van der Waals surface area (Å²) in [7, 11) is -3.59. The molecular weight excluding hydrogens is 348 g/mol. The van der Waals surface area contributed by atoms with E-state index in [4.69, 9.17) is 5.73 Å². The van der Waals surface area contributed by atoms with E-state index in [0.717, 1.165) is 14.9 Å². The van der Waals surface area contributed by atoms with Crippen molar-refractivity contribution in [2.45, 2.75) is 18.4 Å². The van der Waals surface area contributed by atoms with Gasteiger partial charge in [0.1, 0.15) is 4.90 Å². The van der Waals surface area contributed by atoms with E-state index in [1.807, 2.05) is 18.4 Å². The number of nitrogen functional groups attached to an aromatic ring is 1. The number of hydrogen-bond acceptors (Lipinski definition) is 4. The van der Waals surface area contributed by atoms with Gasteiger partial charge >= 0.3 is 0 Å². The fourth-order valence-electron chi connectivity index (χ4n) is 1.59. The Morgan fingerprint density at radius 2 is 2.11 bits per heavy atom. The first kappa shape index (κ1) is 14.5. The van der Waals surface area contributed by atoms with Crippen LogP contribution in [0.25, 0.3) is 0 Å². The van der Waals surface area contributed by atoms with Crippen LogP contribution in [0.15, 0.2) is 39.0 Å². The molecule has 0 unspecified atom stereocenters.